The molecular weight excluding hydrogens is 282 g/mol. The fraction of sp³-hybridized carbons (Fsp3) is 0. The Morgan fingerprint density at radius 3 is 2.58 bits per heavy atom. The first kappa shape index (κ1) is 13.3. The van der Waals surface area contributed by atoms with Crippen LogP contribution in [0.25, 0.3) is 11.8 Å². The quantitative estimate of drug-likeness (QED) is 0.584. The lowest BCUT2D eigenvalue weighted by Crippen LogP contribution is -2.09. The summed E-state index contributed by atoms with van der Waals surface area (Å²) in [6, 6.07) is 7.13. The Balaban J connectivity index is 2.52. The van der Waals surface area contributed by atoms with Gasteiger partial charge < -0.3 is 5.11 Å². The van der Waals surface area contributed by atoms with Gasteiger partial charge in [0, 0.05) is 10.6 Å². The molecule has 7 heteroatoms. The van der Waals surface area contributed by atoms with Gasteiger partial charge >= 0.3 is 4.87 Å². The minimum atomic E-state index is -0.301. The van der Waals surface area contributed by atoms with E-state index in [1.54, 1.807) is 30.3 Å². The summed E-state index contributed by atoms with van der Waals surface area (Å²) in [7, 11) is 0. The van der Waals surface area contributed by atoms with Gasteiger partial charge in [-0.25, -0.2) is 5.53 Å². The van der Waals surface area contributed by atoms with Gasteiger partial charge in [-0.15, -0.1) is 0 Å². The molecule has 0 atom stereocenters. The molecule has 0 amide bonds. The minimum Gasteiger partial charge on any atom is -0.493 e. The van der Waals surface area contributed by atoms with E-state index in [0.29, 0.717) is 10.6 Å². The Kier molecular flexibility index (Phi) is 3.98. The van der Waals surface area contributed by atoms with E-state index in [1.807, 2.05) is 0 Å². The molecule has 0 aliphatic rings. The van der Waals surface area contributed by atoms with Crippen LogP contribution in [0.15, 0.2) is 34.2 Å². The SMILES string of the molecule is N=NC(C=S)=c1ccc(=Cc2sc(=O)[nH]c2O)cc1. The first-order chi connectivity index (χ1) is 9.13. The zero-order valence-electron chi connectivity index (χ0n) is 9.58. The molecule has 0 aliphatic carbocycles. The molecule has 19 heavy (non-hydrogen) atoms. The first-order valence-corrected chi connectivity index (χ1v) is 6.49. The lowest BCUT2D eigenvalue weighted by molar-refractivity contribution is 0.455. The molecule has 0 saturated carbocycles. The van der Waals surface area contributed by atoms with Gasteiger partial charge in [-0.3, -0.25) is 9.78 Å². The third-order valence-corrected chi connectivity index (χ3v) is 3.43. The van der Waals surface area contributed by atoms with Crippen molar-refractivity contribution < 1.29 is 5.11 Å². The lowest BCUT2D eigenvalue weighted by atomic mass is 10.2. The number of H-pyrrole nitrogens is 1. The second kappa shape index (κ2) is 5.68. The smallest absolute Gasteiger partial charge is 0.307 e. The van der Waals surface area contributed by atoms with Gasteiger partial charge in [0.2, 0.25) is 5.88 Å². The van der Waals surface area contributed by atoms with E-state index < -0.39 is 0 Å². The number of thiazole rings is 1. The highest BCUT2D eigenvalue weighted by Crippen LogP contribution is 2.15. The number of aromatic amines is 1. The molecule has 0 fully saturated rings. The molecule has 0 spiro atoms. The monoisotopic (exact) mass is 291 g/mol. The Bertz CT molecular complexity index is 772. The molecule has 5 nitrogen and oxygen atoms in total. The Hall–Kier alpha value is -2.12. The largest absolute Gasteiger partial charge is 0.493 e. The van der Waals surface area contributed by atoms with Gasteiger partial charge in [-0.1, -0.05) is 47.8 Å². The third-order valence-electron chi connectivity index (χ3n) is 2.39. The summed E-state index contributed by atoms with van der Waals surface area (Å²) in [6.07, 6.45) is 1.69. The van der Waals surface area contributed by atoms with Crippen molar-refractivity contribution >= 4 is 40.7 Å². The number of aromatic nitrogens is 1. The van der Waals surface area contributed by atoms with Crippen LogP contribution in [0.3, 0.4) is 0 Å². The first-order valence-electron chi connectivity index (χ1n) is 5.21. The van der Waals surface area contributed by atoms with E-state index in [-0.39, 0.29) is 10.8 Å². The van der Waals surface area contributed by atoms with Crippen molar-refractivity contribution in [2.75, 3.05) is 0 Å². The van der Waals surface area contributed by atoms with Crippen LogP contribution < -0.4 is 15.3 Å². The molecule has 0 radical (unpaired) electrons. The topological polar surface area (TPSA) is 89.3 Å². The van der Waals surface area contributed by atoms with Gasteiger partial charge in [0.1, 0.15) is 5.70 Å². The van der Waals surface area contributed by atoms with Crippen LogP contribution in [-0.4, -0.2) is 15.5 Å². The number of benzene rings is 1. The second-order valence-corrected chi connectivity index (χ2v) is 4.86. The Morgan fingerprint density at radius 1 is 1.42 bits per heavy atom. The molecule has 96 valence electrons. The standard InChI is InChI=1S/C12H9N3O2S2/c13-15-9(6-18)8-3-1-7(2-4-8)5-10-11(16)14-12(17)19-10/h1-6,13,16H,(H,14,17). The maximum atomic E-state index is 11.1. The van der Waals surface area contributed by atoms with E-state index in [0.717, 1.165) is 21.8 Å². The number of thiocarbonyl (C=S) groups is 1. The number of nitrogens with one attached hydrogen (secondary N) is 2. The molecule has 1 aromatic heterocycles. The molecule has 2 aromatic rings. The Morgan fingerprint density at radius 2 is 2.11 bits per heavy atom. The summed E-state index contributed by atoms with van der Waals surface area (Å²) in [5.41, 5.74) is 7.39. The minimum absolute atomic E-state index is 0.133. The number of hydrogen-bond acceptors (Lipinski definition) is 6. The lowest BCUT2D eigenvalue weighted by Gasteiger charge is -1.91. The average Bonchev–Trinajstić information content (AvgIpc) is 2.71. The summed E-state index contributed by atoms with van der Waals surface area (Å²) in [5.74, 6) is -0.133. The summed E-state index contributed by atoms with van der Waals surface area (Å²) in [4.78, 5) is 13.5. The van der Waals surface area contributed by atoms with Crippen molar-refractivity contribution in [3.8, 4) is 5.88 Å². The molecule has 3 N–H and O–H groups in total. The van der Waals surface area contributed by atoms with Crippen LogP contribution >= 0.6 is 23.6 Å². The normalized spacial score (nSPS) is 9.89. The molecular formula is C12H9N3O2S2. The van der Waals surface area contributed by atoms with Gasteiger partial charge in [-0.05, 0) is 11.3 Å². The summed E-state index contributed by atoms with van der Waals surface area (Å²) in [6.45, 7) is 0. The molecule has 2 rings (SSSR count). The van der Waals surface area contributed by atoms with E-state index in [2.05, 4.69) is 10.1 Å². The van der Waals surface area contributed by atoms with Crippen molar-refractivity contribution in [2.24, 2.45) is 5.11 Å². The molecule has 0 bridgehead atoms. The number of nitrogens with zero attached hydrogens (tertiary/aromatic N) is 1. The number of rotatable bonds is 3. The molecule has 0 saturated heterocycles. The molecule has 1 heterocycles. The number of aromatic hydroxyl groups is 1. The summed E-state index contributed by atoms with van der Waals surface area (Å²) >= 11 is 5.69. The van der Waals surface area contributed by atoms with Crippen molar-refractivity contribution in [3.63, 3.8) is 0 Å². The van der Waals surface area contributed by atoms with Crippen LogP contribution in [0.2, 0.25) is 0 Å². The van der Waals surface area contributed by atoms with Crippen LogP contribution in [0, 0.1) is 5.53 Å². The van der Waals surface area contributed by atoms with E-state index >= 15 is 0 Å². The third kappa shape index (κ3) is 3.01. The average molecular weight is 291 g/mol. The van der Waals surface area contributed by atoms with Gasteiger partial charge in [0.25, 0.3) is 0 Å². The van der Waals surface area contributed by atoms with Crippen LogP contribution in [-0.2, 0) is 0 Å². The zero-order valence-corrected chi connectivity index (χ0v) is 11.2. The van der Waals surface area contributed by atoms with Gasteiger partial charge in [-0.2, -0.15) is 5.11 Å². The number of hydrogen-bond donors (Lipinski definition) is 3. The molecule has 0 unspecified atom stereocenters. The van der Waals surface area contributed by atoms with Crippen LogP contribution in [0.4, 0.5) is 0 Å². The predicted octanol–water partition coefficient (Wildman–Crippen LogP) is 1.11. The van der Waals surface area contributed by atoms with E-state index in [9.17, 15) is 9.90 Å². The fourth-order valence-corrected chi connectivity index (χ4v) is 2.37. The van der Waals surface area contributed by atoms with Gasteiger partial charge in [0.05, 0.1) is 4.88 Å². The highest BCUT2D eigenvalue weighted by molar-refractivity contribution is 7.79. The molecule has 1 aromatic carbocycles. The predicted molar refractivity (Wildman–Crippen MR) is 78.1 cm³/mol. The van der Waals surface area contributed by atoms with Crippen LogP contribution in [0.1, 0.15) is 4.88 Å². The van der Waals surface area contributed by atoms with Gasteiger partial charge in [0.15, 0.2) is 0 Å². The molecule has 0 aliphatic heterocycles. The van der Waals surface area contributed by atoms with Crippen molar-refractivity contribution in [1.29, 1.82) is 5.53 Å². The zero-order chi connectivity index (χ0) is 13.8. The maximum absolute atomic E-state index is 11.1. The van der Waals surface area contributed by atoms with E-state index in [1.165, 1.54) is 5.37 Å². The maximum Gasteiger partial charge on any atom is 0.307 e. The summed E-state index contributed by atoms with van der Waals surface area (Å²) in [5, 5.41) is 15.7. The second-order valence-electron chi connectivity index (χ2n) is 3.61. The summed E-state index contributed by atoms with van der Waals surface area (Å²) < 4.78 is 0. The van der Waals surface area contributed by atoms with E-state index in [4.69, 9.17) is 17.7 Å². The Labute approximate surface area is 117 Å². The van der Waals surface area contributed by atoms with Crippen molar-refractivity contribution in [3.05, 3.63) is 49.2 Å². The fourth-order valence-electron chi connectivity index (χ4n) is 1.49. The van der Waals surface area contributed by atoms with Crippen molar-refractivity contribution in [1.82, 2.24) is 4.98 Å². The highest BCUT2D eigenvalue weighted by Gasteiger charge is 2.02. The highest BCUT2D eigenvalue weighted by atomic mass is 32.1. The van der Waals surface area contributed by atoms with Crippen LogP contribution in [0.5, 0.6) is 5.88 Å². The van der Waals surface area contributed by atoms with Crippen molar-refractivity contribution in [2.45, 2.75) is 0 Å².